The molecule has 0 radical (unpaired) electrons. The highest BCUT2D eigenvalue weighted by molar-refractivity contribution is 4.79. The summed E-state index contributed by atoms with van der Waals surface area (Å²) in [6.45, 7) is 6.24. The summed E-state index contributed by atoms with van der Waals surface area (Å²) in [5, 5.41) is 3.82. The molecule has 1 saturated carbocycles. The summed E-state index contributed by atoms with van der Waals surface area (Å²) in [6, 6.07) is 0.738. The van der Waals surface area contributed by atoms with Crippen LogP contribution in [-0.4, -0.2) is 37.6 Å². The van der Waals surface area contributed by atoms with Gasteiger partial charge in [-0.2, -0.15) is 0 Å². The Morgan fingerprint density at radius 3 is 2.59 bits per heavy atom. The Morgan fingerprint density at radius 1 is 1.12 bits per heavy atom. The van der Waals surface area contributed by atoms with Crippen LogP contribution >= 0.6 is 0 Å². The standard InChI is InChI=1S/C15H30N2/c1-13(15-8-4-3-5-9-15)16-11-14-7-6-10-17(2)12-14/h13-16H,3-12H2,1-2H3/t13-,14?/m0/s1. The van der Waals surface area contributed by atoms with Crippen molar-refractivity contribution in [1.29, 1.82) is 0 Å². The van der Waals surface area contributed by atoms with Crippen LogP contribution in [0.15, 0.2) is 0 Å². The molecule has 2 fully saturated rings. The second-order valence-electron chi connectivity index (χ2n) is 6.37. The van der Waals surface area contributed by atoms with E-state index in [1.807, 2.05) is 0 Å². The zero-order valence-corrected chi connectivity index (χ0v) is 11.8. The molecule has 17 heavy (non-hydrogen) atoms. The second kappa shape index (κ2) is 6.75. The van der Waals surface area contributed by atoms with Crippen molar-refractivity contribution in [3.63, 3.8) is 0 Å². The second-order valence-corrected chi connectivity index (χ2v) is 6.37. The summed E-state index contributed by atoms with van der Waals surface area (Å²) >= 11 is 0. The van der Waals surface area contributed by atoms with Crippen LogP contribution in [0, 0.1) is 11.8 Å². The first-order chi connectivity index (χ1) is 8.25. The molecule has 2 atom stereocenters. The van der Waals surface area contributed by atoms with Gasteiger partial charge in [-0.25, -0.2) is 0 Å². The van der Waals surface area contributed by atoms with Gasteiger partial charge in [-0.3, -0.25) is 0 Å². The Labute approximate surface area is 107 Å². The average molecular weight is 238 g/mol. The van der Waals surface area contributed by atoms with Gasteiger partial charge in [0.1, 0.15) is 0 Å². The molecule has 100 valence electrons. The van der Waals surface area contributed by atoms with Crippen molar-refractivity contribution in [2.45, 2.75) is 57.9 Å². The monoisotopic (exact) mass is 238 g/mol. The maximum Gasteiger partial charge on any atom is 0.00671 e. The van der Waals surface area contributed by atoms with Gasteiger partial charge in [-0.05, 0) is 64.6 Å². The molecule has 0 aromatic rings. The number of hydrogen-bond acceptors (Lipinski definition) is 2. The van der Waals surface area contributed by atoms with E-state index in [4.69, 9.17) is 0 Å². The molecule has 2 heteroatoms. The molecule has 0 bridgehead atoms. The topological polar surface area (TPSA) is 15.3 Å². The summed E-state index contributed by atoms with van der Waals surface area (Å²) in [5.74, 6) is 1.84. The Kier molecular flexibility index (Phi) is 5.30. The lowest BCUT2D eigenvalue weighted by atomic mass is 9.84. The van der Waals surface area contributed by atoms with Gasteiger partial charge in [0, 0.05) is 12.6 Å². The van der Waals surface area contributed by atoms with Gasteiger partial charge in [0.25, 0.3) is 0 Å². The van der Waals surface area contributed by atoms with Crippen LogP contribution in [0.25, 0.3) is 0 Å². The van der Waals surface area contributed by atoms with E-state index >= 15 is 0 Å². The number of hydrogen-bond donors (Lipinski definition) is 1. The van der Waals surface area contributed by atoms with Crippen molar-refractivity contribution >= 4 is 0 Å². The maximum atomic E-state index is 3.82. The van der Waals surface area contributed by atoms with Gasteiger partial charge in [0.15, 0.2) is 0 Å². The number of rotatable bonds is 4. The normalized spacial score (nSPS) is 30.4. The van der Waals surface area contributed by atoms with Gasteiger partial charge >= 0.3 is 0 Å². The van der Waals surface area contributed by atoms with Gasteiger partial charge in [-0.1, -0.05) is 19.3 Å². The molecule has 2 nitrogen and oxygen atoms in total. The van der Waals surface area contributed by atoms with Crippen LogP contribution in [0.2, 0.25) is 0 Å². The lowest BCUT2D eigenvalue weighted by molar-refractivity contribution is 0.193. The maximum absolute atomic E-state index is 3.82. The number of likely N-dealkylation sites (tertiary alicyclic amines) is 1. The SMILES string of the molecule is C[C@H](NCC1CCCN(C)C1)C1CCCCC1. The van der Waals surface area contributed by atoms with E-state index in [1.165, 1.54) is 64.6 Å². The van der Waals surface area contributed by atoms with Gasteiger partial charge in [0.05, 0.1) is 0 Å². The number of nitrogens with zero attached hydrogens (tertiary/aromatic N) is 1. The Morgan fingerprint density at radius 2 is 1.88 bits per heavy atom. The molecule has 2 aliphatic rings. The Bertz CT molecular complexity index is 211. The lowest BCUT2D eigenvalue weighted by Gasteiger charge is -2.33. The highest BCUT2D eigenvalue weighted by Gasteiger charge is 2.22. The van der Waals surface area contributed by atoms with E-state index in [1.54, 1.807) is 0 Å². The first-order valence-corrected chi connectivity index (χ1v) is 7.67. The first kappa shape index (κ1) is 13.4. The molecule has 1 aliphatic carbocycles. The average Bonchev–Trinajstić information content (AvgIpc) is 2.37. The molecular formula is C15H30N2. The predicted octanol–water partition coefficient (Wildman–Crippen LogP) is 2.89. The number of piperidine rings is 1. The van der Waals surface area contributed by atoms with Crippen molar-refractivity contribution in [1.82, 2.24) is 10.2 Å². The van der Waals surface area contributed by atoms with Crippen molar-refractivity contribution in [3.05, 3.63) is 0 Å². The van der Waals surface area contributed by atoms with Crippen LogP contribution in [0.4, 0.5) is 0 Å². The molecule has 1 saturated heterocycles. The van der Waals surface area contributed by atoms with E-state index in [2.05, 4.69) is 24.2 Å². The third-order valence-corrected chi connectivity index (χ3v) is 4.81. The van der Waals surface area contributed by atoms with Crippen LogP contribution in [0.5, 0.6) is 0 Å². The molecule has 1 N–H and O–H groups in total. The molecule has 2 rings (SSSR count). The van der Waals surface area contributed by atoms with E-state index in [9.17, 15) is 0 Å². The lowest BCUT2D eigenvalue weighted by Crippen LogP contribution is -2.42. The molecule has 0 amide bonds. The third-order valence-electron chi connectivity index (χ3n) is 4.81. The van der Waals surface area contributed by atoms with Gasteiger partial charge in [0.2, 0.25) is 0 Å². The van der Waals surface area contributed by atoms with Crippen LogP contribution in [0.1, 0.15) is 51.9 Å². The first-order valence-electron chi connectivity index (χ1n) is 7.67. The van der Waals surface area contributed by atoms with Crippen molar-refractivity contribution in [3.8, 4) is 0 Å². The van der Waals surface area contributed by atoms with Gasteiger partial charge in [-0.15, -0.1) is 0 Å². The van der Waals surface area contributed by atoms with Crippen LogP contribution in [0.3, 0.4) is 0 Å². The fraction of sp³-hybridized carbons (Fsp3) is 1.00. The zero-order chi connectivity index (χ0) is 12.1. The van der Waals surface area contributed by atoms with Gasteiger partial charge < -0.3 is 10.2 Å². The van der Waals surface area contributed by atoms with Crippen molar-refractivity contribution < 1.29 is 0 Å². The fourth-order valence-electron chi connectivity index (χ4n) is 3.59. The van der Waals surface area contributed by atoms with E-state index in [0.717, 1.165) is 17.9 Å². The predicted molar refractivity (Wildman–Crippen MR) is 74.3 cm³/mol. The molecule has 1 unspecified atom stereocenters. The third kappa shape index (κ3) is 4.26. The highest BCUT2D eigenvalue weighted by Crippen LogP contribution is 2.26. The van der Waals surface area contributed by atoms with Crippen molar-refractivity contribution in [2.24, 2.45) is 11.8 Å². The summed E-state index contributed by atoms with van der Waals surface area (Å²) in [7, 11) is 2.26. The summed E-state index contributed by atoms with van der Waals surface area (Å²) in [6.07, 6.45) is 10.1. The minimum atomic E-state index is 0.738. The van der Waals surface area contributed by atoms with Crippen molar-refractivity contribution in [2.75, 3.05) is 26.7 Å². The Hall–Kier alpha value is -0.0800. The molecule has 1 heterocycles. The fourth-order valence-corrected chi connectivity index (χ4v) is 3.59. The summed E-state index contributed by atoms with van der Waals surface area (Å²) in [5.41, 5.74) is 0. The number of nitrogens with one attached hydrogen (secondary N) is 1. The van der Waals surface area contributed by atoms with E-state index in [0.29, 0.717) is 0 Å². The molecule has 1 aliphatic heterocycles. The van der Waals surface area contributed by atoms with E-state index in [-0.39, 0.29) is 0 Å². The molecule has 0 aromatic carbocycles. The Balaban J connectivity index is 1.66. The molecular weight excluding hydrogens is 208 g/mol. The minimum Gasteiger partial charge on any atom is -0.314 e. The van der Waals surface area contributed by atoms with Crippen LogP contribution in [-0.2, 0) is 0 Å². The van der Waals surface area contributed by atoms with E-state index < -0.39 is 0 Å². The highest BCUT2D eigenvalue weighted by atomic mass is 15.1. The smallest absolute Gasteiger partial charge is 0.00671 e. The largest absolute Gasteiger partial charge is 0.314 e. The zero-order valence-electron chi connectivity index (χ0n) is 11.8. The minimum absolute atomic E-state index is 0.738. The quantitative estimate of drug-likeness (QED) is 0.810. The summed E-state index contributed by atoms with van der Waals surface area (Å²) < 4.78 is 0. The molecule has 0 aromatic heterocycles. The summed E-state index contributed by atoms with van der Waals surface area (Å²) in [4.78, 5) is 2.49. The molecule has 0 spiro atoms. The van der Waals surface area contributed by atoms with Crippen LogP contribution < -0.4 is 5.32 Å².